The fourth-order valence-electron chi connectivity index (χ4n) is 1.87. The Morgan fingerprint density at radius 1 is 1.33 bits per heavy atom. The van der Waals surface area contributed by atoms with Gasteiger partial charge in [0, 0.05) is 18.2 Å². The SMILES string of the molecule is CCc1ccc(S(=O)(=O)N[C@@H](COC)c2ccccn2)s1. The molecule has 0 aliphatic carbocycles. The van der Waals surface area contributed by atoms with Gasteiger partial charge >= 0.3 is 0 Å². The Balaban J connectivity index is 2.23. The molecule has 0 bridgehead atoms. The minimum atomic E-state index is -3.57. The van der Waals surface area contributed by atoms with Gasteiger partial charge in [-0.05, 0) is 30.7 Å². The third-order valence-electron chi connectivity index (χ3n) is 2.93. The average Bonchev–Trinajstić information content (AvgIpc) is 2.97. The lowest BCUT2D eigenvalue weighted by atomic mass is 10.2. The summed E-state index contributed by atoms with van der Waals surface area (Å²) in [6, 6.07) is 8.35. The Kier molecular flexibility index (Phi) is 5.46. The third-order valence-corrected chi connectivity index (χ3v) is 6.12. The quantitative estimate of drug-likeness (QED) is 0.848. The fraction of sp³-hybridized carbons (Fsp3) is 0.357. The van der Waals surface area contributed by atoms with Crippen molar-refractivity contribution in [2.45, 2.75) is 23.6 Å². The van der Waals surface area contributed by atoms with Gasteiger partial charge in [0.2, 0.25) is 0 Å². The highest BCUT2D eigenvalue weighted by atomic mass is 32.2. The molecular formula is C14H18N2O3S2. The van der Waals surface area contributed by atoms with E-state index in [1.54, 1.807) is 24.4 Å². The lowest BCUT2D eigenvalue weighted by Crippen LogP contribution is -2.31. The van der Waals surface area contributed by atoms with Gasteiger partial charge in [0.25, 0.3) is 10.0 Å². The molecule has 2 aromatic heterocycles. The van der Waals surface area contributed by atoms with Crippen molar-refractivity contribution in [3.8, 4) is 0 Å². The summed E-state index contributed by atoms with van der Waals surface area (Å²) >= 11 is 1.28. The molecule has 21 heavy (non-hydrogen) atoms. The highest BCUT2D eigenvalue weighted by Crippen LogP contribution is 2.23. The molecule has 2 aromatic rings. The van der Waals surface area contributed by atoms with Crippen molar-refractivity contribution in [3.63, 3.8) is 0 Å². The fourth-order valence-corrected chi connectivity index (χ4v) is 4.37. The number of sulfonamides is 1. The number of pyridine rings is 1. The number of hydrogen-bond donors (Lipinski definition) is 1. The second-order valence-electron chi connectivity index (χ2n) is 4.46. The molecule has 7 heteroatoms. The largest absolute Gasteiger partial charge is 0.383 e. The molecular weight excluding hydrogens is 308 g/mol. The highest BCUT2D eigenvalue weighted by Gasteiger charge is 2.23. The van der Waals surface area contributed by atoms with E-state index in [9.17, 15) is 8.42 Å². The smallest absolute Gasteiger partial charge is 0.250 e. The van der Waals surface area contributed by atoms with Crippen LogP contribution in [0.4, 0.5) is 0 Å². The van der Waals surface area contributed by atoms with E-state index in [2.05, 4.69) is 9.71 Å². The Morgan fingerprint density at radius 2 is 2.14 bits per heavy atom. The summed E-state index contributed by atoms with van der Waals surface area (Å²) in [5.41, 5.74) is 0.634. The van der Waals surface area contributed by atoms with Crippen molar-refractivity contribution in [3.05, 3.63) is 47.1 Å². The molecule has 1 N–H and O–H groups in total. The van der Waals surface area contributed by atoms with Gasteiger partial charge in [-0.25, -0.2) is 8.42 Å². The molecule has 0 aromatic carbocycles. The first-order chi connectivity index (χ1) is 10.1. The average molecular weight is 326 g/mol. The summed E-state index contributed by atoms with van der Waals surface area (Å²) in [6.45, 7) is 2.22. The summed E-state index contributed by atoms with van der Waals surface area (Å²) in [7, 11) is -2.04. The standard InChI is InChI=1S/C14H18N2O3S2/c1-3-11-7-8-14(20-11)21(17,18)16-13(10-19-2)12-6-4-5-9-15-12/h4-9,13,16H,3,10H2,1-2H3/t13-/m0/s1. The summed E-state index contributed by atoms with van der Waals surface area (Å²) in [4.78, 5) is 5.23. The van der Waals surface area contributed by atoms with E-state index in [1.165, 1.54) is 18.4 Å². The molecule has 0 saturated heterocycles. The molecule has 5 nitrogen and oxygen atoms in total. The van der Waals surface area contributed by atoms with Crippen LogP contribution in [0, 0.1) is 0 Å². The van der Waals surface area contributed by atoms with Gasteiger partial charge in [-0.3, -0.25) is 4.98 Å². The predicted molar refractivity (Wildman–Crippen MR) is 82.9 cm³/mol. The molecule has 0 radical (unpaired) electrons. The first kappa shape index (κ1) is 16.1. The molecule has 0 aliphatic heterocycles. The molecule has 2 heterocycles. The van der Waals surface area contributed by atoms with Crippen LogP contribution in [0.5, 0.6) is 0 Å². The lowest BCUT2D eigenvalue weighted by molar-refractivity contribution is 0.174. The Morgan fingerprint density at radius 3 is 2.71 bits per heavy atom. The minimum absolute atomic E-state index is 0.224. The predicted octanol–water partition coefficient (Wildman–Crippen LogP) is 2.37. The van der Waals surface area contributed by atoms with Crippen LogP contribution in [0.1, 0.15) is 23.5 Å². The molecule has 1 atom stereocenters. The summed E-state index contributed by atoms with van der Waals surface area (Å²) in [6.07, 6.45) is 2.45. The molecule has 0 fully saturated rings. The summed E-state index contributed by atoms with van der Waals surface area (Å²) < 4.78 is 33.0. The van der Waals surface area contributed by atoms with Crippen molar-refractivity contribution >= 4 is 21.4 Å². The molecule has 0 spiro atoms. The number of rotatable bonds is 7. The summed E-state index contributed by atoms with van der Waals surface area (Å²) in [5, 5.41) is 0. The van der Waals surface area contributed by atoms with Crippen LogP contribution in [0.3, 0.4) is 0 Å². The van der Waals surface area contributed by atoms with Gasteiger partial charge in [-0.15, -0.1) is 11.3 Å². The summed E-state index contributed by atoms with van der Waals surface area (Å²) in [5.74, 6) is 0. The normalized spacial score (nSPS) is 13.2. The number of methoxy groups -OCH3 is 1. The van der Waals surface area contributed by atoms with Crippen LogP contribution in [-0.4, -0.2) is 27.1 Å². The number of aryl methyl sites for hydroxylation is 1. The van der Waals surface area contributed by atoms with Crippen molar-refractivity contribution in [2.75, 3.05) is 13.7 Å². The van der Waals surface area contributed by atoms with Gasteiger partial charge < -0.3 is 4.74 Å². The maximum absolute atomic E-state index is 12.4. The van der Waals surface area contributed by atoms with Crippen LogP contribution in [0.2, 0.25) is 0 Å². The molecule has 2 rings (SSSR count). The van der Waals surface area contributed by atoms with E-state index < -0.39 is 16.1 Å². The lowest BCUT2D eigenvalue weighted by Gasteiger charge is -2.16. The zero-order valence-corrected chi connectivity index (χ0v) is 13.6. The van der Waals surface area contributed by atoms with Crippen molar-refractivity contribution in [1.29, 1.82) is 0 Å². The van der Waals surface area contributed by atoms with Gasteiger partial charge in [-0.1, -0.05) is 13.0 Å². The van der Waals surface area contributed by atoms with Gasteiger partial charge in [-0.2, -0.15) is 4.72 Å². The van der Waals surface area contributed by atoms with Crippen LogP contribution in [-0.2, 0) is 21.2 Å². The number of ether oxygens (including phenoxy) is 1. The van der Waals surface area contributed by atoms with Gasteiger partial charge in [0.05, 0.1) is 18.3 Å². The Hall–Kier alpha value is -1.28. The monoisotopic (exact) mass is 326 g/mol. The van der Waals surface area contributed by atoms with Gasteiger partial charge in [0.1, 0.15) is 4.21 Å². The first-order valence-electron chi connectivity index (χ1n) is 6.57. The molecule has 0 unspecified atom stereocenters. The number of hydrogen-bond acceptors (Lipinski definition) is 5. The van der Waals surface area contributed by atoms with Crippen LogP contribution in [0.15, 0.2) is 40.7 Å². The Labute approximate surface area is 129 Å². The number of thiophene rings is 1. The van der Waals surface area contributed by atoms with Crippen molar-refractivity contribution in [1.82, 2.24) is 9.71 Å². The number of nitrogens with one attached hydrogen (secondary N) is 1. The maximum atomic E-state index is 12.4. The highest BCUT2D eigenvalue weighted by molar-refractivity contribution is 7.91. The van der Waals surface area contributed by atoms with E-state index in [-0.39, 0.29) is 6.61 Å². The van der Waals surface area contributed by atoms with Crippen LogP contribution < -0.4 is 4.72 Å². The van der Waals surface area contributed by atoms with E-state index in [0.717, 1.165) is 11.3 Å². The molecule has 0 aliphatic rings. The Bertz CT molecular complexity index is 669. The number of nitrogens with zero attached hydrogens (tertiary/aromatic N) is 1. The third kappa shape index (κ3) is 4.10. The van der Waals surface area contributed by atoms with Crippen molar-refractivity contribution in [2.24, 2.45) is 0 Å². The van der Waals surface area contributed by atoms with Crippen LogP contribution in [0.25, 0.3) is 0 Å². The van der Waals surface area contributed by atoms with Gasteiger partial charge in [0.15, 0.2) is 0 Å². The second kappa shape index (κ2) is 7.13. The first-order valence-corrected chi connectivity index (χ1v) is 8.87. The number of aromatic nitrogens is 1. The van der Waals surface area contributed by atoms with E-state index >= 15 is 0 Å². The van der Waals surface area contributed by atoms with E-state index in [1.807, 2.05) is 19.1 Å². The molecule has 0 amide bonds. The zero-order valence-electron chi connectivity index (χ0n) is 11.9. The maximum Gasteiger partial charge on any atom is 0.250 e. The van der Waals surface area contributed by atoms with E-state index in [0.29, 0.717) is 9.90 Å². The molecule has 114 valence electrons. The minimum Gasteiger partial charge on any atom is -0.383 e. The topological polar surface area (TPSA) is 68.3 Å². The van der Waals surface area contributed by atoms with Crippen molar-refractivity contribution < 1.29 is 13.2 Å². The van der Waals surface area contributed by atoms with Crippen LogP contribution >= 0.6 is 11.3 Å². The molecule has 0 saturated carbocycles. The second-order valence-corrected chi connectivity index (χ2v) is 7.57. The van der Waals surface area contributed by atoms with E-state index in [4.69, 9.17) is 4.74 Å². The zero-order chi connectivity index (χ0) is 15.3.